The number of benzene rings is 8. The lowest BCUT2D eigenvalue weighted by Gasteiger charge is -2.14. The first kappa shape index (κ1) is 13.5. The zero-order valence-corrected chi connectivity index (χ0v) is 25.9. The molecule has 0 N–H and O–H groups in total. The van der Waals surface area contributed by atoms with Crippen molar-refractivity contribution >= 4 is 65.4 Å². The molecular weight excluding hydrogens is 619 g/mol. The number of hydrogen-bond donors (Lipinski definition) is 0. The van der Waals surface area contributed by atoms with E-state index in [1.807, 2.05) is 0 Å². The second-order valence-electron chi connectivity index (χ2n) is 11.5. The fraction of sp³-hybridized carbons (Fsp3) is 0. The van der Waals surface area contributed by atoms with Crippen LogP contribution in [0.1, 0.15) is 32.9 Å². The van der Waals surface area contributed by atoms with Gasteiger partial charge in [-0.3, -0.25) is 0 Å². The molecule has 0 fully saturated rings. The molecule has 3 aromatic heterocycles. The van der Waals surface area contributed by atoms with Crippen LogP contribution < -0.4 is 0 Å². The monoisotopic (exact) mass is 673 g/mol. The molecule has 238 valence electrons. The summed E-state index contributed by atoms with van der Waals surface area (Å²) in [6.07, 6.45) is 0. The minimum Gasteiger partial charge on any atom is -0.309 e. The van der Waals surface area contributed by atoms with Crippen LogP contribution in [0.3, 0.4) is 0 Å². The lowest BCUT2D eigenvalue weighted by atomic mass is 10.0. The summed E-state index contributed by atoms with van der Waals surface area (Å²) in [5.41, 5.74) is -3.65. The maximum absolute atomic E-state index is 10.0. The molecule has 11 aromatic rings. The third-order valence-electron chi connectivity index (χ3n) is 8.90. The molecule has 11 rings (SSSR count). The maximum atomic E-state index is 10.0. The van der Waals surface area contributed by atoms with Gasteiger partial charge in [-0.25, -0.2) is 0 Å². The third kappa shape index (κ3) is 4.06. The normalized spacial score (nSPS) is 18.5. The number of aromatic nitrogens is 3. The molecule has 0 aliphatic rings. The number of hydrogen-bond acceptors (Lipinski definition) is 0. The van der Waals surface area contributed by atoms with Crippen molar-refractivity contribution in [1.29, 1.82) is 0 Å². The summed E-state index contributed by atoms with van der Waals surface area (Å²) in [6.45, 7) is 0. The number of para-hydroxylation sites is 6. The Hall–Kier alpha value is -6.84. The van der Waals surface area contributed by atoms with Crippen LogP contribution in [0.2, 0.25) is 0 Å². The fourth-order valence-corrected chi connectivity index (χ4v) is 6.87. The summed E-state index contributed by atoms with van der Waals surface area (Å²) in [6, 6.07) is -7.14. The largest absolute Gasteiger partial charge is 0.309 e. The first-order valence-corrected chi connectivity index (χ1v) is 15.6. The van der Waals surface area contributed by atoms with Crippen LogP contribution in [0.15, 0.2) is 187 Å². The Morgan fingerprint density at radius 1 is 0.333 bits per heavy atom. The van der Waals surface area contributed by atoms with Crippen LogP contribution in [0.4, 0.5) is 0 Å². The average molecular weight is 674 g/mol. The molecule has 8 aromatic carbocycles. The fourth-order valence-electron chi connectivity index (χ4n) is 6.87. The standard InChI is InChI=1S/C48H31N3/c1-3-14-34(15-4-1)49-42-22-10-8-19-37(42)40-30-32(26-28-45(40)49)33-27-29-46-41(31-33)38-20-9-12-24-44(38)51(46)47-25-13-21-39-36-18-7-11-23-43(36)50(48(39)47)35-16-5-2-6-17-35/h1-31H/i1D,2D,3D,4D,5D,6D,8D,9D,10D,12D,14D,15D,16D,17D,19D,20D,22D,24D,26D,27D,28D,29D,30D,31D. The SMILES string of the molecule is [2H]c1c([2H])c([2H])c(-n2c3ccccc3c3cccc(-n4c5c([2H])c([2H])c([2H])c([2H])c5c5c([2H])c(-c6c([2H])c([2H])c7c(c6[2H])c6c([2H])c([2H])c([2H])c([2H])c6n7-c6c([2H])c([2H])c([2H])c([2H])c6[2H])c([2H])c([2H])c54)c32)c([2H])c1[2H]. The summed E-state index contributed by atoms with van der Waals surface area (Å²) in [5.74, 6) is 0. The van der Waals surface area contributed by atoms with Crippen molar-refractivity contribution in [2.45, 2.75) is 0 Å². The molecular formula is C48H31N3. The molecule has 0 bridgehead atoms. The Kier molecular flexibility index (Phi) is 2.86. The molecule has 0 saturated heterocycles. The molecule has 0 aliphatic carbocycles. The van der Waals surface area contributed by atoms with E-state index in [1.165, 1.54) is 15.2 Å². The van der Waals surface area contributed by atoms with E-state index in [9.17, 15) is 11.0 Å². The number of nitrogens with zero attached hydrogens (tertiary/aromatic N) is 3. The van der Waals surface area contributed by atoms with E-state index in [1.54, 1.807) is 36.4 Å². The number of fused-ring (bicyclic) bond motifs is 9. The molecule has 51 heavy (non-hydrogen) atoms. The summed E-state index contributed by atoms with van der Waals surface area (Å²) >= 11 is 0. The van der Waals surface area contributed by atoms with Crippen molar-refractivity contribution in [3.05, 3.63) is 187 Å². The van der Waals surface area contributed by atoms with Crippen molar-refractivity contribution in [3.63, 3.8) is 0 Å². The van der Waals surface area contributed by atoms with Gasteiger partial charge in [0.1, 0.15) is 0 Å². The van der Waals surface area contributed by atoms with Crippen molar-refractivity contribution in [2.75, 3.05) is 0 Å². The van der Waals surface area contributed by atoms with Gasteiger partial charge in [0.05, 0.1) is 71.7 Å². The van der Waals surface area contributed by atoms with E-state index in [-0.39, 0.29) is 33.3 Å². The van der Waals surface area contributed by atoms with Gasteiger partial charge in [0.25, 0.3) is 0 Å². The van der Waals surface area contributed by atoms with Gasteiger partial charge in [-0.15, -0.1) is 0 Å². The highest BCUT2D eigenvalue weighted by Gasteiger charge is 2.20. The van der Waals surface area contributed by atoms with Gasteiger partial charge in [0, 0.05) is 43.7 Å². The van der Waals surface area contributed by atoms with E-state index in [0.29, 0.717) is 16.3 Å². The van der Waals surface area contributed by atoms with Crippen LogP contribution >= 0.6 is 0 Å². The molecule has 0 aliphatic heterocycles. The van der Waals surface area contributed by atoms with E-state index < -0.39 is 189 Å². The summed E-state index contributed by atoms with van der Waals surface area (Å²) in [4.78, 5) is 0. The number of rotatable bonds is 4. The smallest absolute Gasteiger partial charge is 0.0782 e. The Bertz CT molecular complexity index is 4470. The van der Waals surface area contributed by atoms with Crippen LogP contribution in [0, 0.1) is 0 Å². The molecule has 3 heterocycles. The van der Waals surface area contributed by atoms with Gasteiger partial charge in [-0.05, 0) is 83.7 Å². The molecule has 0 amide bonds. The van der Waals surface area contributed by atoms with E-state index >= 15 is 0 Å². The minimum atomic E-state index is -0.932. The highest BCUT2D eigenvalue weighted by atomic mass is 15.1. The Labute approximate surface area is 328 Å². The third-order valence-corrected chi connectivity index (χ3v) is 8.90. The van der Waals surface area contributed by atoms with E-state index in [4.69, 9.17) is 21.9 Å². The topological polar surface area (TPSA) is 14.8 Å². The minimum absolute atomic E-state index is 0.00686. The van der Waals surface area contributed by atoms with Crippen molar-refractivity contribution in [3.8, 4) is 28.2 Å². The van der Waals surface area contributed by atoms with Gasteiger partial charge in [0.15, 0.2) is 0 Å². The van der Waals surface area contributed by atoms with Crippen LogP contribution in [0.5, 0.6) is 0 Å². The molecule has 3 nitrogen and oxygen atoms in total. The predicted octanol–water partition coefficient (Wildman–Crippen LogP) is 12.6. The summed E-state index contributed by atoms with van der Waals surface area (Å²) < 4.78 is 220. The molecule has 0 atom stereocenters. The Morgan fingerprint density at radius 3 is 1.51 bits per heavy atom. The van der Waals surface area contributed by atoms with Gasteiger partial charge >= 0.3 is 0 Å². The second-order valence-corrected chi connectivity index (χ2v) is 11.5. The maximum Gasteiger partial charge on any atom is 0.0782 e. The molecule has 0 unspecified atom stereocenters. The lowest BCUT2D eigenvalue weighted by Crippen LogP contribution is -2.00. The Morgan fingerprint density at radius 2 is 0.843 bits per heavy atom. The highest BCUT2D eigenvalue weighted by Crippen LogP contribution is 2.41. The lowest BCUT2D eigenvalue weighted by molar-refractivity contribution is 1.13. The molecule has 3 heteroatoms. The quantitative estimate of drug-likeness (QED) is 0.177. The predicted molar refractivity (Wildman–Crippen MR) is 215 cm³/mol. The van der Waals surface area contributed by atoms with Crippen molar-refractivity contribution in [2.24, 2.45) is 0 Å². The van der Waals surface area contributed by atoms with Crippen molar-refractivity contribution < 1.29 is 32.9 Å². The molecule has 0 radical (unpaired) electrons. The summed E-state index contributed by atoms with van der Waals surface area (Å²) in [7, 11) is 0. The first-order chi connectivity index (χ1) is 35.3. The highest BCUT2D eigenvalue weighted by molar-refractivity contribution is 6.16. The zero-order chi connectivity index (χ0) is 54.4. The van der Waals surface area contributed by atoms with E-state index in [2.05, 4.69) is 0 Å². The Balaban J connectivity index is 1.34. The van der Waals surface area contributed by atoms with Crippen molar-refractivity contribution in [1.82, 2.24) is 13.7 Å². The van der Waals surface area contributed by atoms with Gasteiger partial charge in [-0.2, -0.15) is 0 Å². The summed E-state index contributed by atoms with van der Waals surface area (Å²) in [5, 5.41) is -0.826. The van der Waals surface area contributed by atoms with Crippen LogP contribution in [-0.2, 0) is 0 Å². The van der Waals surface area contributed by atoms with Gasteiger partial charge in [-0.1, -0.05) is 115 Å². The second kappa shape index (κ2) is 10.8. The average Bonchev–Trinajstić information content (AvgIpc) is 4.09. The zero-order valence-electron chi connectivity index (χ0n) is 49.9. The first-order valence-electron chi connectivity index (χ1n) is 27.6. The molecule has 0 saturated carbocycles. The van der Waals surface area contributed by atoms with Gasteiger partial charge in [0.2, 0.25) is 0 Å². The van der Waals surface area contributed by atoms with Gasteiger partial charge < -0.3 is 13.7 Å². The molecule has 0 spiro atoms. The van der Waals surface area contributed by atoms with E-state index in [0.717, 1.165) is 4.57 Å². The van der Waals surface area contributed by atoms with Crippen LogP contribution in [0.25, 0.3) is 93.6 Å². The van der Waals surface area contributed by atoms with Crippen LogP contribution in [-0.4, -0.2) is 13.7 Å².